The molecule has 0 saturated carbocycles. The molecule has 1 N–H and O–H groups in total. The second-order valence-electron chi connectivity index (χ2n) is 7.73. The number of rotatable bonds is 14. The number of hydrogen-bond acceptors (Lipinski definition) is 4. The Balaban J connectivity index is 0.00000480. The van der Waals surface area contributed by atoms with Crippen molar-refractivity contribution in [3.05, 3.63) is 48.0 Å². The minimum absolute atomic E-state index is 0. The van der Waals surface area contributed by atoms with Crippen LogP contribution in [0.1, 0.15) is 76.7 Å². The molecule has 0 aliphatic heterocycles. The minimum Gasteiger partial charge on any atom is -0.870 e. The molecule has 0 atom stereocenters. The van der Waals surface area contributed by atoms with Gasteiger partial charge in [-0.25, -0.2) is 0 Å². The van der Waals surface area contributed by atoms with Gasteiger partial charge in [0.05, 0.1) is 4.90 Å². The summed E-state index contributed by atoms with van der Waals surface area (Å²) in [5.41, 5.74) is 0.513. The van der Waals surface area contributed by atoms with Crippen LogP contribution in [-0.4, -0.2) is 13.0 Å². The Hall–Kier alpha value is -0.414. The van der Waals surface area contributed by atoms with Gasteiger partial charge in [0.2, 0.25) is 0 Å². The van der Waals surface area contributed by atoms with Gasteiger partial charge in [-0.2, -0.15) is 8.42 Å². The Labute approximate surface area is 229 Å². The fourth-order valence-electron chi connectivity index (χ4n) is 3.49. The Morgan fingerprint density at radius 2 is 1.42 bits per heavy atom. The predicted octanol–water partition coefficient (Wildman–Crippen LogP) is 3.27. The molecule has 5 nitrogen and oxygen atoms in total. The van der Waals surface area contributed by atoms with Gasteiger partial charge in [-0.15, -0.1) is 0 Å². The number of hydrogen-bond donors (Lipinski definition) is 1. The van der Waals surface area contributed by atoms with E-state index in [1.807, 2.05) is 6.07 Å². The Bertz CT molecular complexity index is 869. The van der Waals surface area contributed by atoms with Gasteiger partial charge in [0, 0.05) is 0 Å². The van der Waals surface area contributed by atoms with Gasteiger partial charge in [-0.1, -0.05) is 88.7 Å². The monoisotopic (exact) mass is 472 g/mol. The average Bonchev–Trinajstić information content (AvgIpc) is 2.71. The van der Waals surface area contributed by atoms with Crippen LogP contribution in [0.5, 0.6) is 17.2 Å². The molecule has 0 radical (unpaired) electrons. The van der Waals surface area contributed by atoms with E-state index in [9.17, 15) is 18.1 Å². The van der Waals surface area contributed by atoms with Crippen LogP contribution in [0.4, 0.5) is 0 Å². The summed E-state index contributed by atoms with van der Waals surface area (Å²) in [6, 6.07) is 11.2. The van der Waals surface area contributed by atoms with Gasteiger partial charge in [-0.05, 0) is 42.7 Å². The molecule has 7 heteroatoms. The molecule has 0 aromatic heterocycles. The van der Waals surface area contributed by atoms with Crippen molar-refractivity contribution in [2.75, 3.05) is 0 Å². The first kappa shape index (κ1) is 28.6. The van der Waals surface area contributed by atoms with Gasteiger partial charge in [0.25, 0.3) is 10.1 Å². The number of aryl methyl sites for hydroxylation is 1. The van der Waals surface area contributed by atoms with Crippen molar-refractivity contribution in [1.82, 2.24) is 0 Å². The number of ether oxygens (including phenoxy) is 1. The van der Waals surface area contributed by atoms with Crippen molar-refractivity contribution < 1.29 is 74.2 Å². The molecule has 0 aliphatic carbocycles. The van der Waals surface area contributed by atoms with Crippen LogP contribution in [0, 0.1) is 0 Å². The molecule has 0 amide bonds. The van der Waals surface area contributed by atoms with Gasteiger partial charge >= 0.3 is 51.4 Å². The van der Waals surface area contributed by atoms with Crippen LogP contribution in [0.2, 0.25) is 0 Å². The molecule has 2 aromatic rings. The third-order valence-corrected chi connectivity index (χ3v) is 6.00. The zero-order chi connectivity index (χ0) is 21.8. The fraction of sp³-hybridized carbons (Fsp3) is 0.500. The first-order chi connectivity index (χ1) is 14.4. The quantitative estimate of drug-likeness (QED) is 0.259. The molecular formula is C24H33KO5S. The molecule has 0 unspecified atom stereocenters. The minimum atomic E-state index is -4.45. The summed E-state index contributed by atoms with van der Waals surface area (Å²) in [6.45, 7) is 2.22. The maximum absolute atomic E-state index is 12.5. The third kappa shape index (κ3) is 10.8. The maximum atomic E-state index is 12.5. The van der Waals surface area contributed by atoms with Crippen LogP contribution in [-0.2, 0) is 16.5 Å². The van der Waals surface area contributed by atoms with Crippen molar-refractivity contribution >= 4 is 10.1 Å². The second kappa shape index (κ2) is 15.4. The molecule has 2 aromatic carbocycles. The van der Waals surface area contributed by atoms with E-state index in [1.165, 1.54) is 51.0 Å². The number of unbranched alkanes of at least 4 members (excludes halogenated alkanes) is 9. The van der Waals surface area contributed by atoms with Crippen molar-refractivity contribution in [2.45, 2.75) is 82.4 Å². The Morgan fingerprint density at radius 1 is 0.871 bits per heavy atom. The standard InChI is InChI=1S/C24H34O5S.K/c1-2-3-4-5-6-7-8-9-10-12-15-20-18-22(30(26,27)28)19-23(25)24(20)29-21-16-13-11-14-17-21;/h11,13-14,16-19,25H,2-10,12,15H2,1H3,(H,26,27,28);/q;+1/p-1. The van der Waals surface area contributed by atoms with E-state index in [0.717, 1.165) is 25.3 Å². The van der Waals surface area contributed by atoms with Gasteiger partial charge < -0.3 is 9.84 Å². The van der Waals surface area contributed by atoms with E-state index in [2.05, 4.69) is 6.92 Å². The summed E-state index contributed by atoms with van der Waals surface area (Å²) in [5, 5.41) is 12.5. The molecule has 0 spiro atoms. The molecule has 0 heterocycles. The topological polar surface area (TPSA) is 86.7 Å². The van der Waals surface area contributed by atoms with Crippen LogP contribution >= 0.6 is 0 Å². The van der Waals surface area contributed by atoms with Gasteiger partial charge in [-0.3, -0.25) is 4.55 Å². The predicted molar refractivity (Wildman–Crippen MR) is 118 cm³/mol. The first-order valence-electron chi connectivity index (χ1n) is 11.0. The van der Waals surface area contributed by atoms with E-state index >= 15 is 0 Å². The summed E-state index contributed by atoms with van der Waals surface area (Å²) in [4.78, 5) is -0.380. The van der Waals surface area contributed by atoms with E-state index in [-0.39, 0.29) is 62.0 Å². The summed E-state index contributed by atoms with van der Waals surface area (Å²) in [5.74, 6) is 0.0964. The van der Waals surface area contributed by atoms with Crippen LogP contribution in [0.15, 0.2) is 47.4 Å². The summed E-state index contributed by atoms with van der Waals surface area (Å²) < 4.78 is 38.2. The SMILES string of the molecule is CCCCCCCCCCCCc1cc(S(=O)(=O)O)cc([O-])c1Oc1ccccc1.[K+]. The van der Waals surface area contributed by atoms with E-state index in [4.69, 9.17) is 4.74 Å². The largest absolute Gasteiger partial charge is 1.00 e. The normalized spacial score (nSPS) is 11.2. The molecule has 166 valence electrons. The summed E-state index contributed by atoms with van der Waals surface area (Å²) in [7, 11) is -4.45. The van der Waals surface area contributed by atoms with Crippen molar-refractivity contribution in [2.24, 2.45) is 0 Å². The summed E-state index contributed by atoms with van der Waals surface area (Å²) in [6.07, 6.45) is 12.4. The van der Waals surface area contributed by atoms with Gasteiger partial charge in [0.15, 0.2) is 0 Å². The van der Waals surface area contributed by atoms with Crippen LogP contribution in [0.3, 0.4) is 0 Å². The fourth-order valence-corrected chi connectivity index (χ4v) is 4.04. The Morgan fingerprint density at radius 3 is 1.97 bits per heavy atom. The van der Waals surface area contributed by atoms with Crippen molar-refractivity contribution in [3.63, 3.8) is 0 Å². The number of para-hydroxylation sites is 1. The van der Waals surface area contributed by atoms with Crippen molar-refractivity contribution in [3.8, 4) is 17.2 Å². The molecule has 0 aliphatic rings. The zero-order valence-corrected chi connectivity index (χ0v) is 22.7. The third-order valence-electron chi connectivity index (χ3n) is 5.17. The van der Waals surface area contributed by atoms with E-state index < -0.39 is 15.9 Å². The molecule has 0 fully saturated rings. The van der Waals surface area contributed by atoms with E-state index in [0.29, 0.717) is 17.7 Å². The average molecular weight is 473 g/mol. The van der Waals surface area contributed by atoms with Crippen molar-refractivity contribution in [1.29, 1.82) is 0 Å². The summed E-state index contributed by atoms with van der Waals surface area (Å²) >= 11 is 0. The second-order valence-corrected chi connectivity index (χ2v) is 9.15. The molecule has 2 rings (SSSR count). The maximum Gasteiger partial charge on any atom is 1.00 e. The molecule has 0 saturated heterocycles. The van der Waals surface area contributed by atoms with Gasteiger partial charge in [0.1, 0.15) is 11.5 Å². The molecular weight excluding hydrogens is 439 g/mol. The van der Waals surface area contributed by atoms with Crippen LogP contribution in [0.25, 0.3) is 0 Å². The first-order valence-corrected chi connectivity index (χ1v) is 12.4. The number of benzene rings is 2. The molecule has 0 bridgehead atoms. The Kier molecular flexibility index (Phi) is 14.2. The smallest absolute Gasteiger partial charge is 0.870 e. The van der Waals surface area contributed by atoms with E-state index in [1.54, 1.807) is 24.3 Å². The zero-order valence-electron chi connectivity index (χ0n) is 18.8. The van der Waals surface area contributed by atoms with Crippen LogP contribution < -0.4 is 61.2 Å². The molecule has 31 heavy (non-hydrogen) atoms.